The fraction of sp³-hybridized carbons (Fsp3) is 0.688. The molecule has 0 N–H and O–H groups in total. The number of hydrogen-bond donors (Lipinski definition) is 0. The van der Waals surface area contributed by atoms with Crippen LogP contribution in [0.25, 0.3) is 0 Å². The summed E-state index contributed by atoms with van der Waals surface area (Å²) in [7, 11) is 0. The van der Waals surface area contributed by atoms with Crippen molar-refractivity contribution in [2.24, 2.45) is 16.2 Å². The summed E-state index contributed by atoms with van der Waals surface area (Å²) in [5, 5.41) is 0. The molecule has 1 nitrogen and oxygen atoms in total. The van der Waals surface area contributed by atoms with Gasteiger partial charge in [0, 0.05) is 11.9 Å². The summed E-state index contributed by atoms with van der Waals surface area (Å²) in [4.78, 5) is 4.58. The van der Waals surface area contributed by atoms with Gasteiger partial charge in [-0.25, -0.2) is 0 Å². The third kappa shape index (κ3) is 1.80. The molecule has 0 fully saturated rings. The van der Waals surface area contributed by atoms with Crippen molar-refractivity contribution in [3.8, 4) is 0 Å². The molecule has 1 aromatic heterocycles. The van der Waals surface area contributed by atoms with E-state index in [0.717, 1.165) is 6.42 Å². The highest BCUT2D eigenvalue weighted by Gasteiger charge is 2.53. The standard InChI is InChI=1S/C16H25N/c1-14(2,3)16(15(4,5)6)10-12-8-7-9-17-13(12)11-16/h7-9H,10-11H2,1-6H3. The van der Waals surface area contributed by atoms with Gasteiger partial charge in [0.25, 0.3) is 0 Å². The topological polar surface area (TPSA) is 12.9 Å². The van der Waals surface area contributed by atoms with Crippen molar-refractivity contribution in [2.45, 2.75) is 54.4 Å². The fourth-order valence-electron chi connectivity index (χ4n) is 3.65. The Morgan fingerprint density at radius 3 is 2.06 bits per heavy atom. The van der Waals surface area contributed by atoms with E-state index in [1.165, 1.54) is 17.7 Å². The first-order chi connectivity index (χ1) is 7.67. The van der Waals surface area contributed by atoms with Crippen molar-refractivity contribution < 1.29 is 0 Å². The SMILES string of the molecule is CC(C)(C)C1(C(C)(C)C)Cc2cccnc2C1. The van der Waals surface area contributed by atoms with E-state index >= 15 is 0 Å². The Hall–Kier alpha value is -0.850. The normalized spacial score (nSPS) is 19.2. The highest BCUT2D eigenvalue weighted by atomic mass is 14.7. The Bertz CT molecular complexity index is 377. The van der Waals surface area contributed by atoms with Crippen LogP contribution in [0.1, 0.15) is 52.8 Å². The van der Waals surface area contributed by atoms with E-state index in [9.17, 15) is 0 Å². The zero-order chi connectivity index (χ0) is 12.9. The number of hydrogen-bond acceptors (Lipinski definition) is 1. The predicted molar refractivity (Wildman–Crippen MR) is 73.0 cm³/mol. The molecule has 1 aromatic rings. The summed E-state index contributed by atoms with van der Waals surface area (Å²) in [5.74, 6) is 0. The average molecular weight is 231 g/mol. The first-order valence-corrected chi connectivity index (χ1v) is 6.60. The Morgan fingerprint density at radius 1 is 1.00 bits per heavy atom. The molecule has 0 aromatic carbocycles. The molecule has 17 heavy (non-hydrogen) atoms. The molecule has 1 heterocycles. The van der Waals surface area contributed by atoms with Crippen LogP contribution in [0.4, 0.5) is 0 Å². The minimum atomic E-state index is 0.298. The molecular weight excluding hydrogens is 206 g/mol. The second kappa shape index (κ2) is 3.57. The zero-order valence-electron chi connectivity index (χ0n) is 12.1. The molecule has 0 aliphatic heterocycles. The van der Waals surface area contributed by atoms with Crippen LogP contribution in [0.2, 0.25) is 0 Å². The number of pyridine rings is 1. The summed E-state index contributed by atoms with van der Waals surface area (Å²) in [6.07, 6.45) is 4.22. The van der Waals surface area contributed by atoms with Gasteiger partial charge >= 0.3 is 0 Å². The average Bonchev–Trinajstić information content (AvgIpc) is 2.55. The number of nitrogens with zero attached hydrogens (tertiary/aromatic N) is 1. The van der Waals surface area contributed by atoms with Crippen LogP contribution in [0, 0.1) is 16.2 Å². The number of aromatic nitrogens is 1. The van der Waals surface area contributed by atoms with Crippen molar-refractivity contribution in [3.63, 3.8) is 0 Å². The third-order valence-corrected chi connectivity index (χ3v) is 4.82. The fourth-order valence-corrected chi connectivity index (χ4v) is 3.65. The van der Waals surface area contributed by atoms with Crippen LogP contribution in [-0.4, -0.2) is 4.98 Å². The van der Waals surface area contributed by atoms with Gasteiger partial charge in [-0.3, -0.25) is 4.98 Å². The molecule has 1 aliphatic carbocycles. The number of fused-ring (bicyclic) bond motifs is 1. The van der Waals surface area contributed by atoms with Crippen LogP contribution in [0.5, 0.6) is 0 Å². The molecule has 0 atom stereocenters. The molecule has 1 aliphatic rings. The van der Waals surface area contributed by atoms with Crippen LogP contribution in [0.15, 0.2) is 18.3 Å². The molecule has 94 valence electrons. The Labute approximate surface area is 106 Å². The molecule has 0 saturated carbocycles. The maximum absolute atomic E-state index is 4.58. The first-order valence-electron chi connectivity index (χ1n) is 6.60. The zero-order valence-corrected chi connectivity index (χ0v) is 12.1. The lowest BCUT2D eigenvalue weighted by molar-refractivity contribution is -0.0225. The second-order valence-electron chi connectivity index (χ2n) is 7.54. The Balaban J connectivity index is 2.50. The smallest absolute Gasteiger partial charge is 0.0441 e. The lowest BCUT2D eigenvalue weighted by Crippen LogP contribution is -2.47. The summed E-state index contributed by atoms with van der Waals surface area (Å²) < 4.78 is 0. The van der Waals surface area contributed by atoms with Gasteiger partial charge in [0.05, 0.1) is 0 Å². The van der Waals surface area contributed by atoms with E-state index in [1.807, 2.05) is 6.20 Å². The molecule has 0 radical (unpaired) electrons. The molecule has 1 heteroatoms. The van der Waals surface area contributed by atoms with E-state index in [0.29, 0.717) is 16.2 Å². The van der Waals surface area contributed by atoms with Gasteiger partial charge in [-0.05, 0) is 40.7 Å². The van der Waals surface area contributed by atoms with Gasteiger partial charge in [-0.15, -0.1) is 0 Å². The molecule has 0 spiro atoms. The molecular formula is C16H25N. The van der Waals surface area contributed by atoms with Gasteiger partial charge < -0.3 is 0 Å². The second-order valence-corrected chi connectivity index (χ2v) is 7.54. The quantitative estimate of drug-likeness (QED) is 0.650. The van der Waals surface area contributed by atoms with Crippen molar-refractivity contribution in [1.29, 1.82) is 0 Å². The lowest BCUT2D eigenvalue weighted by atomic mass is 9.53. The van der Waals surface area contributed by atoms with E-state index in [2.05, 4.69) is 58.7 Å². The highest BCUT2D eigenvalue weighted by molar-refractivity contribution is 5.31. The van der Waals surface area contributed by atoms with Gasteiger partial charge in [-0.1, -0.05) is 47.6 Å². The molecule has 0 amide bonds. The van der Waals surface area contributed by atoms with E-state index in [4.69, 9.17) is 0 Å². The largest absolute Gasteiger partial charge is 0.261 e. The summed E-state index contributed by atoms with van der Waals surface area (Å²) in [5.41, 5.74) is 3.68. The Kier molecular flexibility index (Phi) is 2.65. The first kappa shape index (κ1) is 12.6. The summed E-state index contributed by atoms with van der Waals surface area (Å²) in [6.45, 7) is 14.3. The molecule has 0 unspecified atom stereocenters. The molecule has 0 saturated heterocycles. The van der Waals surface area contributed by atoms with Gasteiger partial charge in [0.15, 0.2) is 0 Å². The minimum absolute atomic E-state index is 0.298. The predicted octanol–water partition coefficient (Wildman–Crippen LogP) is 4.26. The summed E-state index contributed by atoms with van der Waals surface area (Å²) >= 11 is 0. The molecule has 0 bridgehead atoms. The number of rotatable bonds is 0. The van der Waals surface area contributed by atoms with Crippen molar-refractivity contribution >= 4 is 0 Å². The van der Waals surface area contributed by atoms with Crippen molar-refractivity contribution in [1.82, 2.24) is 4.98 Å². The van der Waals surface area contributed by atoms with E-state index < -0.39 is 0 Å². The van der Waals surface area contributed by atoms with Crippen molar-refractivity contribution in [2.75, 3.05) is 0 Å². The van der Waals surface area contributed by atoms with Crippen LogP contribution >= 0.6 is 0 Å². The van der Waals surface area contributed by atoms with Crippen LogP contribution in [-0.2, 0) is 12.8 Å². The van der Waals surface area contributed by atoms with Crippen molar-refractivity contribution in [3.05, 3.63) is 29.6 Å². The summed E-state index contributed by atoms with van der Waals surface area (Å²) in [6, 6.07) is 4.32. The highest BCUT2D eigenvalue weighted by Crippen LogP contribution is 2.58. The van der Waals surface area contributed by atoms with Gasteiger partial charge in [-0.2, -0.15) is 0 Å². The van der Waals surface area contributed by atoms with E-state index in [1.54, 1.807) is 0 Å². The monoisotopic (exact) mass is 231 g/mol. The van der Waals surface area contributed by atoms with Crippen LogP contribution in [0.3, 0.4) is 0 Å². The minimum Gasteiger partial charge on any atom is -0.261 e. The maximum atomic E-state index is 4.58. The van der Waals surface area contributed by atoms with Crippen LogP contribution < -0.4 is 0 Å². The third-order valence-electron chi connectivity index (χ3n) is 4.82. The van der Waals surface area contributed by atoms with Gasteiger partial charge in [0.2, 0.25) is 0 Å². The lowest BCUT2D eigenvalue weighted by Gasteiger charge is -2.51. The maximum Gasteiger partial charge on any atom is 0.0441 e. The van der Waals surface area contributed by atoms with E-state index in [-0.39, 0.29) is 0 Å². The molecule has 2 rings (SSSR count). The van der Waals surface area contributed by atoms with Gasteiger partial charge in [0.1, 0.15) is 0 Å². The Morgan fingerprint density at radius 2 is 1.59 bits per heavy atom.